The van der Waals surface area contributed by atoms with Gasteiger partial charge in [0.05, 0.1) is 11.6 Å². The van der Waals surface area contributed by atoms with E-state index in [1.54, 1.807) is 19.9 Å². The van der Waals surface area contributed by atoms with Crippen LogP contribution in [-0.4, -0.2) is 16.8 Å². The van der Waals surface area contributed by atoms with Crippen molar-refractivity contribution < 1.29 is 9.53 Å². The SMILES string of the molecule is CC(C)OC(=O)n1c(N)cc2ccccc21. The summed E-state index contributed by atoms with van der Waals surface area (Å²) in [6, 6.07) is 9.27. The van der Waals surface area contributed by atoms with Crippen molar-refractivity contribution in [2.45, 2.75) is 20.0 Å². The Balaban J connectivity index is 2.51. The molecule has 2 N–H and O–H groups in total. The molecule has 1 aromatic heterocycles. The summed E-state index contributed by atoms with van der Waals surface area (Å²) in [5.41, 5.74) is 6.56. The number of nitrogens with zero attached hydrogens (tertiary/aromatic N) is 1. The number of hydrogen-bond acceptors (Lipinski definition) is 3. The van der Waals surface area contributed by atoms with E-state index in [-0.39, 0.29) is 6.10 Å². The third kappa shape index (κ3) is 1.74. The number of nitrogen functional groups attached to an aromatic ring is 1. The summed E-state index contributed by atoms with van der Waals surface area (Å²) in [6.07, 6.45) is -0.596. The van der Waals surface area contributed by atoms with Crippen LogP contribution in [0, 0.1) is 0 Å². The van der Waals surface area contributed by atoms with Crippen molar-refractivity contribution in [1.82, 2.24) is 4.57 Å². The van der Waals surface area contributed by atoms with Gasteiger partial charge in [-0.25, -0.2) is 9.36 Å². The number of ether oxygens (including phenoxy) is 1. The smallest absolute Gasteiger partial charge is 0.420 e. The van der Waals surface area contributed by atoms with Gasteiger partial charge in [-0.15, -0.1) is 0 Å². The first kappa shape index (κ1) is 10.5. The largest absolute Gasteiger partial charge is 0.446 e. The zero-order valence-electron chi connectivity index (χ0n) is 9.31. The fraction of sp³-hybridized carbons (Fsp3) is 0.250. The predicted octanol–water partition coefficient (Wildman–Crippen LogP) is 2.62. The zero-order chi connectivity index (χ0) is 11.7. The van der Waals surface area contributed by atoms with E-state index in [0.717, 1.165) is 10.9 Å². The van der Waals surface area contributed by atoms with Crippen LogP contribution in [0.2, 0.25) is 0 Å². The van der Waals surface area contributed by atoms with Crippen molar-refractivity contribution in [3.8, 4) is 0 Å². The molecule has 84 valence electrons. The highest BCUT2D eigenvalue weighted by Crippen LogP contribution is 2.21. The molecule has 0 radical (unpaired) electrons. The molecule has 0 atom stereocenters. The van der Waals surface area contributed by atoms with E-state index in [4.69, 9.17) is 10.5 Å². The lowest BCUT2D eigenvalue weighted by Gasteiger charge is -2.10. The lowest BCUT2D eigenvalue weighted by atomic mass is 10.2. The maximum absolute atomic E-state index is 11.8. The lowest BCUT2D eigenvalue weighted by Crippen LogP contribution is -2.19. The monoisotopic (exact) mass is 218 g/mol. The van der Waals surface area contributed by atoms with Gasteiger partial charge >= 0.3 is 6.09 Å². The number of rotatable bonds is 1. The first-order chi connectivity index (χ1) is 7.59. The van der Waals surface area contributed by atoms with Crippen LogP contribution in [0.15, 0.2) is 30.3 Å². The highest BCUT2D eigenvalue weighted by atomic mass is 16.6. The Hall–Kier alpha value is -1.97. The number of nitrogens with two attached hydrogens (primary N) is 1. The molecule has 0 aliphatic rings. The first-order valence-electron chi connectivity index (χ1n) is 5.16. The topological polar surface area (TPSA) is 57.2 Å². The van der Waals surface area contributed by atoms with Crippen LogP contribution in [0.1, 0.15) is 13.8 Å². The second kappa shape index (κ2) is 3.89. The fourth-order valence-corrected chi connectivity index (χ4v) is 1.63. The van der Waals surface area contributed by atoms with Crippen LogP contribution in [0.3, 0.4) is 0 Å². The van der Waals surface area contributed by atoms with Gasteiger partial charge in [0.25, 0.3) is 0 Å². The van der Waals surface area contributed by atoms with Gasteiger partial charge in [0.2, 0.25) is 0 Å². The highest BCUT2D eigenvalue weighted by Gasteiger charge is 2.14. The Morgan fingerprint density at radius 2 is 2.06 bits per heavy atom. The summed E-state index contributed by atoms with van der Waals surface area (Å²) >= 11 is 0. The van der Waals surface area contributed by atoms with E-state index >= 15 is 0 Å². The Kier molecular flexibility index (Phi) is 2.56. The lowest BCUT2D eigenvalue weighted by molar-refractivity contribution is 0.118. The van der Waals surface area contributed by atoms with Gasteiger partial charge in [-0.1, -0.05) is 18.2 Å². The number of anilines is 1. The number of para-hydroxylation sites is 1. The van der Waals surface area contributed by atoms with Crippen LogP contribution in [-0.2, 0) is 4.74 Å². The zero-order valence-corrected chi connectivity index (χ0v) is 9.31. The Labute approximate surface area is 93.6 Å². The number of benzene rings is 1. The normalized spacial score (nSPS) is 10.9. The molecule has 0 saturated heterocycles. The minimum atomic E-state index is -0.436. The van der Waals surface area contributed by atoms with Gasteiger partial charge in [0, 0.05) is 5.39 Å². The molecule has 1 heterocycles. The van der Waals surface area contributed by atoms with Crippen molar-refractivity contribution in [3.05, 3.63) is 30.3 Å². The van der Waals surface area contributed by atoms with E-state index in [0.29, 0.717) is 5.82 Å². The van der Waals surface area contributed by atoms with E-state index < -0.39 is 6.09 Å². The summed E-state index contributed by atoms with van der Waals surface area (Å²) in [4.78, 5) is 11.8. The summed E-state index contributed by atoms with van der Waals surface area (Å²) in [7, 11) is 0. The predicted molar refractivity (Wildman–Crippen MR) is 63.4 cm³/mol. The minimum Gasteiger partial charge on any atom is -0.446 e. The molecule has 0 fully saturated rings. The summed E-state index contributed by atoms with van der Waals surface area (Å²) in [6.45, 7) is 3.61. The van der Waals surface area contributed by atoms with Crippen molar-refractivity contribution in [2.24, 2.45) is 0 Å². The molecule has 1 aromatic carbocycles. The maximum atomic E-state index is 11.8. The molecule has 0 aliphatic carbocycles. The van der Waals surface area contributed by atoms with Crippen LogP contribution < -0.4 is 5.73 Å². The summed E-state index contributed by atoms with van der Waals surface area (Å²) in [5, 5.41) is 0.931. The number of carbonyl (C=O) groups excluding carboxylic acids is 1. The van der Waals surface area contributed by atoms with Crippen molar-refractivity contribution >= 4 is 22.8 Å². The third-order valence-electron chi connectivity index (χ3n) is 2.26. The van der Waals surface area contributed by atoms with E-state index in [1.165, 1.54) is 4.57 Å². The summed E-state index contributed by atoms with van der Waals surface area (Å²) in [5.74, 6) is 0.395. The second-order valence-corrected chi connectivity index (χ2v) is 3.90. The molecule has 0 unspecified atom stereocenters. The Morgan fingerprint density at radius 1 is 1.38 bits per heavy atom. The molecule has 4 nitrogen and oxygen atoms in total. The van der Waals surface area contributed by atoms with Gasteiger partial charge < -0.3 is 10.5 Å². The number of fused-ring (bicyclic) bond motifs is 1. The van der Waals surface area contributed by atoms with Crippen LogP contribution in [0.25, 0.3) is 10.9 Å². The number of hydrogen-bond donors (Lipinski definition) is 1. The molecule has 0 aliphatic heterocycles. The van der Waals surface area contributed by atoms with Gasteiger partial charge in [-0.3, -0.25) is 0 Å². The highest BCUT2D eigenvalue weighted by molar-refractivity contribution is 5.94. The van der Waals surface area contributed by atoms with Crippen LogP contribution in [0.4, 0.5) is 10.6 Å². The standard InChI is InChI=1S/C12H14N2O2/c1-8(2)16-12(15)14-10-6-4-3-5-9(10)7-11(14)13/h3-8H,13H2,1-2H3. The molecule has 16 heavy (non-hydrogen) atoms. The molecular weight excluding hydrogens is 204 g/mol. The molecule has 2 aromatic rings. The first-order valence-corrected chi connectivity index (χ1v) is 5.16. The number of aromatic nitrogens is 1. The van der Waals surface area contributed by atoms with Gasteiger partial charge in [-0.05, 0) is 26.0 Å². The van der Waals surface area contributed by atoms with Crippen LogP contribution in [0.5, 0.6) is 0 Å². The third-order valence-corrected chi connectivity index (χ3v) is 2.26. The second-order valence-electron chi connectivity index (χ2n) is 3.90. The Morgan fingerprint density at radius 3 is 2.75 bits per heavy atom. The van der Waals surface area contributed by atoms with E-state index in [2.05, 4.69) is 0 Å². The maximum Gasteiger partial charge on any atom is 0.420 e. The van der Waals surface area contributed by atoms with Gasteiger partial charge in [-0.2, -0.15) is 0 Å². The van der Waals surface area contributed by atoms with Gasteiger partial charge in [0.15, 0.2) is 0 Å². The van der Waals surface area contributed by atoms with E-state index in [1.807, 2.05) is 24.3 Å². The van der Waals surface area contributed by atoms with Crippen molar-refractivity contribution in [3.63, 3.8) is 0 Å². The average molecular weight is 218 g/mol. The molecule has 0 bridgehead atoms. The van der Waals surface area contributed by atoms with Crippen LogP contribution >= 0.6 is 0 Å². The van der Waals surface area contributed by atoms with Crippen molar-refractivity contribution in [1.29, 1.82) is 0 Å². The molecular formula is C12H14N2O2. The molecule has 2 rings (SSSR count). The Bertz CT molecular complexity index is 529. The molecule has 0 amide bonds. The molecule has 0 saturated carbocycles. The van der Waals surface area contributed by atoms with Gasteiger partial charge in [0.1, 0.15) is 5.82 Å². The summed E-state index contributed by atoms with van der Waals surface area (Å²) < 4.78 is 6.51. The molecule has 4 heteroatoms. The average Bonchev–Trinajstić information content (AvgIpc) is 2.52. The number of carbonyl (C=O) groups is 1. The molecule has 0 spiro atoms. The minimum absolute atomic E-state index is 0.159. The van der Waals surface area contributed by atoms with Crippen molar-refractivity contribution in [2.75, 3.05) is 5.73 Å². The quantitative estimate of drug-likeness (QED) is 0.800. The van der Waals surface area contributed by atoms with E-state index in [9.17, 15) is 4.79 Å². The fourth-order valence-electron chi connectivity index (χ4n) is 1.63.